The summed E-state index contributed by atoms with van der Waals surface area (Å²) in [5, 5.41) is 4.61. The summed E-state index contributed by atoms with van der Waals surface area (Å²) < 4.78 is 6.91. The van der Waals surface area contributed by atoms with Crippen molar-refractivity contribution in [1.82, 2.24) is 14.7 Å². The Morgan fingerprint density at radius 1 is 1.50 bits per heavy atom. The van der Waals surface area contributed by atoms with E-state index < -0.39 is 0 Å². The number of halogens is 1. The number of rotatable bonds is 4. The van der Waals surface area contributed by atoms with Gasteiger partial charge in [0.05, 0.1) is 28.9 Å². The third kappa shape index (κ3) is 2.87. The van der Waals surface area contributed by atoms with Crippen molar-refractivity contribution in [3.63, 3.8) is 0 Å². The van der Waals surface area contributed by atoms with Crippen LogP contribution in [0.1, 0.15) is 23.2 Å². The molecular weight excluding hydrogens is 302 g/mol. The summed E-state index contributed by atoms with van der Waals surface area (Å²) in [6.45, 7) is 1.32. The molecule has 22 heavy (non-hydrogen) atoms. The van der Waals surface area contributed by atoms with Crippen molar-refractivity contribution in [2.45, 2.75) is 18.9 Å². The monoisotopic (exact) mass is 319 g/mol. The molecule has 1 amide bonds. The largest absolute Gasteiger partial charge is 0.383 e. The molecule has 1 aliphatic rings. The Hall–Kier alpha value is -1.85. The summed E-state index contributed by atoms with van der Waals surface area (Å²) in [6.07, 6.45) is 5.51. The Balaban J connectivity index is 1.84. The molecule has 0 bridgehead atoms. The van der Waals surface area contributed by atoms with E-state index in [0.29, 0.717) is 17.2 Å². The molecule has 1 aromatic heterocycles. The van der Waals surface area contributed by atoms with Crippen LogP contribution in [0.4, 0.5) is 0 Å². The van der Waals surface area contributed by atoms with Gasteiger partial charge in [-0.2, -0.15) is 5.10 Å². The number of carbonyl (C=O) groups is 1. The summed E-state index contributed by atoms with van der Waals surface area (Å²) in [5.41, 5.74) is 1.36. The molecule has 0 aliphatic carbocycles. The van der Waals surface area contributed by atoms with E-state index in [-0.39, 0.29) is 11.9 Å². The molecule has 1 saturated heterocycles. The maximum Gasteiger partial charge on any atom is 0.255 e. The molecule has 116 valence electrons. The number of nitrogens with zero attached hydrogens (tertiary/aromatic N) is 3. The Bertz CT molecular complexity index is 657. The Morgan fingerprint density at radius 2 is 2.36 bits per heavy atom. The average Bonchev–Trinajstić information content (AvgIpc) is 3.18. The van der Waals surface area contributed by atoms with Gasteiger partial charge >= 0.3 is 0 Å². The van der Waals surface area contributed by atoms with Crippen LogP contribution in [0.25, 0.3) is 5.69 Å². The van der Waals surface area contributed by atoms with Crippen LogP contribution in [0.3, 0.4) is 0 Å². The van der Waals surface area contributed by atoms with Crippen LogP contribution in [0.5, 0.6) is 0 Å². The van der Waals surface area contributed by atoms with E-state index in [1.165, 1.54) is 0 Å². The van der Waals surface area contributed by atoms with Crippen LogP contribution >= 0.6 is 11.6 Å². The van der Waals surface area contributed by atoms with Crippen LogP contribution in [0.2, 0.25) is 5.02 Å². The van der Waals surface area contributed by atoms with E-state index in [1.807, 2.05) is 23.2 Å². The highest BCUT2D eigenvalue weighted by atomic mass is 35.5. The predicted octanol–water partition coefficient (Wildman–Crippen LogP) is 2.78. The average molecular weight is 320 g/mol. The molecule has 0 N–H and O–H groups in total. The molecule has 6 heteroatoms. The van der Waals surface area contributed by atoms with Crippen molar-refractivity contribution >= 4 is 17.5 Å². The Morgan fingerprint density at radius 3 is 3.05 bits per heavy atom. The second-order valence-corrected chi connectivity index (χ2v) is 5.77. The third-order valence-electron chi connectivity index (χ3n) is 3.95. The Kier molecular flexibility index (Phi) is 4.45. The molecule has 0 spiro atoms. The maximum absolute atomic E-state index is 12.7. The molecule has 0 saturated carbocycles. The first-order chi connectivity index (χ1) is 10.7. The summed E-state index contributed by atoms with van der Waals surface area (Å²) >= 11 is 6.32. The van der Waals surface area contributed by atoms with E-state index in [1.54, 1.807) is 30.1 Å². The number of methoxy groups -OCH3 is 1. The summed E-state index contributed by atoms with van der Waals surface area (Å²) in [5.74, 6) is -0.0310. The fourth-order valence-corrected chi connectivity index (χ4v) is 3.12. The van der Waals surface area contributed by atoms with E-state index in [0.717, 1.165) is 25.1 Å². The minimum absolute atomic E-state index is 0.0310. The smallest absolute Gasteiger partial charge is 0.255 e. The van der Waals surface area contributed by atoms with Crippen molar-refractivity contribution in [3.05, 3.63) is 47.2 Å². The zero-order chi connectivity index (χ0) is 15.5. The van der Waals surface area contributed by atoms with Gasteiger partial charge in [-0.15, -0.1) is 0 Å². The first-order valence-electron chi connectivity index (χ1n) is 7.30. The highest BCUT2D eigenvalue weighted by Gasteiger charge is 2.30. The second-order valence-electron chi connectivity index (χ2n) is 5.36. The molecule has 1 fully saturated rings. The SMILES string of the molecule is COCC1CCCN1C(=O)c1ccc(-n2cccn2)cc1Cl. The van der Waals surface area contributed by atoms with Gasteiger partial charge in [0.2, 0.25) is 0 Å². The maximum atomic E-state index is 12.7. The van der Waals surface area contributed by atoms with Gasteiger partial charge in [0, 0.05) is 26.0 Å². The number of ether oxygens (including phenoxy) is 1. The lowest BCUT2D eigenvalue weighted by atomic mass is 10.1. The van der Waals surface area contributed by atoms with E-state index >= 15 is 0 Å². The molecule has 2 heterocycles. The Labute approximate surface area is 134 Å². The quantitative estimate of drug-likeness (QED) is 0.870. The predicted molar refractivity (Wildman–Crippen MR) is 84.5 cm³/mol. The van der Waals surface area contributed by atoms with Gasteiger partial charge in [-0.25, -0.2) is 4.68 Å². The standard InChI is InChI=1S/C16H18ClN3O2/c1-22-11-13-4-2-8-19(13)16(21)14-6-5-12(10-15(14)17)20-9-3-7-18-20/h3,5-7,9-10,13H,2,4,8,11H2,1H3. The molecule has 0 radical (unpaired) electrons. The van der Waals surface area contributed by atoms with E-state index in [4.69, 9.17) is 16.3 Å². The third-order valence-corrected chi connectivity index (χ3v) is 4.26. The molecular formula is C16H18ClN3O2. The van der Waals surface area contributed by atoms with Crippen LogP contribution in [-0.2, 0) is 4.74 Å². The summed E-state index contributed by atoms with van der Waals surface area (Å²) in [4.78, 5) is 14.6. The highest BCUT2D eigenvalue weighted by Crippen LogP contribution is 2.25. The van der Waals surface area contributed by atoms with Crippen molar-refractivity contribution in [2.75, 3.05) is 20.3 Å². The van der Waals surface area contributed by atoms with Crippen molar-refractivity contribution < 1.29 is 9.53 Å². The normalized spacial score (nSPS) is 17.9. The first-order valence-corrected chi connectivity index (χ1v) is 7.68. The van der Waals surface area contributed by atoms with Gasteiger partial charge in [-0.05, 0) is 37.1 Å². The van der Waals surface area contributed by atoms with Gasteiger partial charge in [0.15, 0.2) is 0 Å². The molecule has 1 aromatic carbocycles. The van der Waals surface area contributed by atoms with Crippen LogP contribution < -0.4 is 0 Å². The van der Waals surface area contributed by atoms with E-state index in [9.17, 15) is 4.79 Å². The molecule has 1 atom stereocenters. The van der Waals surface area contributed by atoms with Crippen LogP contribution in [0, 0.1) is 0 Å². The van der Waals surface area contributed by atoms with Gasteiger partial charge in [-0.1, -0.05) is 11.6 Å². The lowest BCUT2D eigenvalue weighted by Gasteiger charge is -2.24. The van der Waals surface area contributed by atoms with E-state index in [2.05, 4.69) is 5.10 Å². The molecule has 5 nitrogen and oxygen atoms in total. The number of amides is 1. The van der Waals surface area contributed by atoms with Crippen molar-refractivity contribution in [2.24, 2.45) is 0 Å². The first kappa shape index (κ1) is 15.1. The summed E-state index contributed by atoms with van der Waals surface area (Å²) in [7, 11) is 1.66. The number of hydrogen-bond acceptors (Lipinski definition) is 3. The van der Waals surface area contributed by atoms with Crippen molar-refractivity contribution in [1.29, 1.82) is 0 Å². The fourth-order valence-electron chi connectivity index (χ4n) is 2.86. The minimum atomic E-state index is -0.0310. The molecule has 2 aromatic rings. The number of likely N-dealkylation sites (tertiary alicyclic amines) is 1. The van der Waals surface area contributed by atoms with Gasteiger partial charge in [-0.3, -0.25) is 4.79 Å². The highest BCUT2D eigenvalue weighted by molar-refractivity contribution is 6.34. The zero-order valence-corrected chi connectivity index (χ0v) is 13.2. The van der Waals surface area contributed by atoms with Crippen molar-refractivity contribution in [3.8, 4) is 5.69 Å². The van der Waals surface area contributed by atoms with Crippen LogP contribution in [-0.4, -0.2) is 46.9 Å². The topological polar surface area (TPSA) is 47.4 Å². The second kappa shape index (κ2) is 6.50. The lowest BCUT2D eigenvalue weighted by Crippen LogP contribution is -2.38. The zero-order valence-electron chi connectivity index (χ0n) is 12.4. The molecule has 3 rings (SSSR count). The number of aromatic nitrogens is 2. The minimum Gasteiger partial charge on any atom is -0.383 e. The number of hydrogen-bond donors (Lipinski definition) is 0. The molecule has 1 aliphatic heterocycles. The van der Waals surface area contributed by atoms with Gasteiger partial charge < -0.3 is 9.64 Å². The summed E-state index contributed by atoms with van der Waals surface area (Å²) in [6, 6.07) is 7.37. The van der Waals surface area contributed by atoms with Crippen LogP contribution in [0.15, 0.2) is 36.7 Å². The molecule has 1 unspecified atom stereocenters. The van der Waals surface area contributed by atoms with Gasteiger partial charge in [0.1, 0.15) is 0 Å². The lowest BCUT2D eigenvalue weighted by molar-refractivity contribution is 0.0631. The fraction of sp³-hybridized carbons (Fsp3) is 0.375. The number of carbonyl (C=O) groups excluding carboxylic acids is 1. The number of benzene rings is 1. The van der Waals surface area contributed by atoms with Gasteiger partial charge in [0.25, 0.3) is 5.91 Å².